The maximum atomic E-state index is 11.2. The summed E-state index contributed by atoms with van der Waals surface area (Å²) in [6.07, 6.45) is 3.28. The third-order valence-electron chi connectivity index (χ3n) is 1.09. The average Bonchev–Trinajstić information content (AvgIpc) is 2.36. The minimum atomic E-state index is -0.971. The molecule has 0 spiro atoms. The summed E-state index contributed by atoms with van der Waals surface area (Å²) in [4.78, 5) is 6.69. The summed E-state index contributed by atoms with van der Waals surface area (Å²) in [5, 5.41) is 0.696. The van der Waals surface area contributed by atoms with Gasteiger partial charge in [-0.05, 0) is 0 Å². The zero-order chi connectivity index (χ0) is 7.56. The van der Waals surface area contributed by atoms with Gasteiger partial charge in [-0.3, -0.25) is 4.21 Å². The highest BCUT2D eigenvalue weighted by molar-refractivity contribution is 7.85. The molecule has 3 nitrogen and oxygen atoms in total. The lowest BCUT2D eigenvalue weighted by molar-refractivity contribution is 0.670. The molecule has 0 aliphatic heterocycles. The molecule has 10 heavy (non-hydrogen) atoms. The maximum absolute atomic E-state index is 11.2. The molecule has 0 amide bonds. The van der Waals surface area contributed by atoms with E-state index in [2.05, 4.69) is 9.97 Å². The molecule has 0 radical (unpaired) electrons. The van der Waals surface area contributed by atoms with Crippen molar-refractivity contribution in [3.8, 4) is 0 Å². The van der Waals surface area contributed by atoms with Crippen molar-refractivity contribution in [3.05, 3.63) is 12.4 Å². The Morgan fingerprint density at radius 3 is 2.80 bits per heavy atom. The maximum Gasteiger partial charge on any atom is 0.196 e. The molecule has 0 saturated heterocycles. The van der Waals surface area contributed by atoms with E-state index in [0.29, 0.717) is 5.16 Å². The molecule has 1 aromatic rings. The highest BCUT2D eigenvalue weighted by atomic mass is 32.2. The number of hydrogen-bond acceptors (Lipinski definition) is 2. The summed E-state index contributed by atoms with van der Waals surface area (Å²) in [5.41, 5.74) is 0. The second-order valence-electron chi connectivity index (χ2n) is 2.24. The molecule has 0 saturated carbocycles. The Hall–Kier alpha value is -0.640. The first-order valence-corrected chi connectivity index (χ1v) is 4.33. The summed E-state index contributed by atoms with van der Waals surface area (Å²) in [6, 6.07) is 0. The van der Waals surface area contributed by atoms with E-state index < -0.39 is 10.8 Å². The Balaban J connectivity index is 2.78. The van der Waals surface area contributed by atoms with Gasteiger partial charge in [-0.15, -0.1) is 0 Å². The quantitative estimate of drug-likeness (QED) is 0.695. The van der Waals surface area contributed by atoms with E-state index in [-0.39, 0.29) is 5.25 Å². The van der Waals surface area contributed by atoms with Crippen molar-refractivity contribution < 1.29 is 4.21 Å². The van der Waals surface area contributed by atoms with Crippen LogP contribution in [0.1, 0.15) is 13.8 Å². The summed E-state index contributed by atoms with van der Waals surface area (Å²) in [6.45, 7) is 3.80. The van der Waals surface area contributed by atoms with E-state index in [4.69, 9.17) is 0 Å². The summed E-state index contributed by atoms with van der Waals surface area (Å²) in [7, 11) is -0.971. The second-order valence-corrected chi connectivity index (χ2v) is 4.16. The summed E-state index contributed by atoms with van der Waals surface area (Å²) >= 11 is 0. The molecule has 1 unspecified atom stereocenters. The molecule has 1 atom stereocenters. The fourth-order valence-corrected chi connectivity index (χ4v) is 1.38. The third-order valence-corrected chi connectivity index (χ3v) is 2.55. The van der Waals surface area contributed by atoms with E-state index in [1.54, 1.807) is 12.4 Å². The highest BCUT2D eigenvalue weighted by Gasteiger charge is 2.08. The third kappa shape index (κ3) is 1.44. The molecule has 0 aromatic carbocycles. The topological polar surface area (TPSA) is 45.8 Å². The largest absolute Gasteiger partial charge is 0.338 e. The van der Waals surface area contributed by atoms with Crippen molar-refractivity contribution >= 4 is 10.8 Å². The second kappa shape index (κ2) is 2.96. The van der Waals surface area contributed by atoms with Crippen molar-refractivity contribution in [2.24, 2.45) is 0 Å². The van der Waals surface area contributed by atoms with Crippen molar-refractivity contribution in [1.82, 2.24) is 9.97 Å². The van der Waals surface area contributed by atoms with Gasteiger partial charge in [0.25, 0.3) is 0 Å². The number of aromatic amines is 1. The van der Waals surface area contributed by atoms with Crippen LogP contribution in [0.3, 0.4) is 0 Å². The summed E-state index contributed by atoms with van der Waals surface area (Å²) < 4.78 is 11.2. The van der Waals surface area contributed by atoms with Crippen LogP contribution in [-0.4, -0.2) is 19.4 Å². The number of rotatable bonds is 2. The Morgan fingerprint density at radius 1 is 1.70 bits per heavy atom. The highest BCUT2D eigenvalue weighted by Crippen LogP contribution is 2.03. The molecule has 0 fully saturated rings. The van der Waals surface area contributed by atoms with Gasteiger partial charge in [0.1, 0.15) is 0 Å². The predicted octanol–water partition coefficient (Wildman–Crippen LogP) is 0.926. The van der Waals surface area contributed by atoms with Crippen LogP contribution in [0, 0.1) is 0 Å². The Kier molecular flexibility index (Phi) is 2.21. The molecule has 1 rings (SSSR count). The van der Waals surface area contributed by atoms with Gasteiger partial charge in [-0.25, -0.2) is 4.98 Å². The lowest BCUT2D eigenvalue weighted by Crippen LogP contribution is -2.06. The number of hydrogen-bond donors (Lipinski definition) is 1. The Morgan fingerprint density at radius 2 is 2.40 bits per heavy atom. The van der Waals surface area contributed by atoms with Gasteiger partial charge in [0.15, 0.2) is 5.16 Å². The minimum absolute atomic E-state index is 0.131. The van der Waals surface area contributed by atoms with Crippen LogP contribution in [0.5, 0.6) is 0 Å². The van der Waals surface area contributed by atoms with Crippen LogP contribution < -0.4 is 0 Å². The smallest absolute Gasteiger partial charge is 0.196 e. The normalized spacial score (nSPS) is 13.9. The number of nitrogens with one attached hydrogen (secondary N) is 1. The monoisotopic (exact) mass is 158 g/mol. The van der Waals surface area contributed by atoms with Gasteiger partial charge in [0, 0.05) is 17.6 Å². The number of H-pyrrole nitrogens is 1. The van der Waals surface area contributed by atoms with Gasteiger partial charge in [-0.1, -0.05) is 13.8 Å². The molecule has 4 heteroatoms. The zero-order valence-electron chi connectivity index (χ0n) is 6.00. The average molecular weight is 158 g/mol. The lowest BCUT2D eigenvalue weighted by Gasteiger charge is -1.99. The van der Waals surface area contributed by atoms with E-state index in [1.165, 1.54) is 0 Å². The molecule has 0 aliphatic rings. The standard InChI is InChI=1S/C6H10N2OS/c1-5(2)10(9)6-7-3-4-8-6/h3-5H,1-2H3,(H,7,8). The molecule has 56 valence electrons. The Bertz CT molecular complexity index is 218. The van der Waals surface area contributed by atoms with Crippen LogP contribution in [0.15, 0.2) is 17.6 Å². The fraction of sp³-hybridized carbons (Fsp3) is 0.500. The predicted molar refractivity (Wildman–Crippen MR) is 40.1 cm³/mol. The lowest BCUT2D eigenvalue weighted by atomic mass is 10.6. The first-order chi connectivity index (χ1) is 4.72. The van der Waals surface area contributed by atoms with E-state index in [0.717, 1.165) is 0 Å². The van der Waals surface area contributed by atoms with E-state index in [1.807, 2.05) is 13.8 Å². The molecule has 0 aliphatic carbocycles. The van der Waals surface area contributed by atoms with Crippen molar-refractivity contribution in [2.75, 3.05) is 0 Å². The number of nitrogens with zero attached hydrogens (tertiary/aromatic N) is 1. The molecule has 0 bridgehead atoms. The molecular weight excluding hydrogens is 148 g/mol. The van der Waals surface area contributed by atoms with Gasteiger partial charge >= 0.3 is 0 Å². The van der Waals surface area contributed by atoms with Crippen LogP contribution in [-0.2, 0) is 10.8 Å². The van der Waals surface area contributed by atoms with Crippen LogP contribution >= 0.6 is 0 Å². The van der Waals surface area contributed by atoms with Crippen LogP contribution in [0.4, 0.5) is 0 Å². The van der Waals surface area contributed by atoms with Crippen molar-refractivity contribution in [2.45, 2.75) is 24.3 Å². The Labute approximate surface area is 62.3 Å². The zero-order valence-corrected chi connectivity index (χ0v) is 6.81. The van der Waals surface area contributed by atoms with E-state index in [9.17, 15) is 4.21 Å². The fourth-order valence-electron chi connectivity index (χ4n) is 0.584. The number of imidazole rings is 1. The molecule has 1 N–H and O–H groups in total. The van der Waals surface area contributed by atoms with Gasteiger partial charge < -0.3 is 4.98 Å². The SMILES string of the molecule is CC(C)S(=O)c1ncc[nH]1. The summed E-state index contributed by atoms with van der Waals surface area (Å²) in [5.74, 6) is 0. The molecule has 1 heterocycles. The minimum Gasteiger partial charge on any atom is -0.338 e. The van der Waals surface area contributed by atoms with E-state index >= 15 is 0 Å². The van der Waals surface area contributed by atoms with Crippen molar-refractivity contribution in [1.29, 1.82) is 0 Å². The number of aromatic nitrogens is 2. The molecule has 1 aromatic heterocycles. The first-order valence-electron chi connectivity index (χ1n) is 3.12. The first kappa shape index (κ1) is 7.47. The van der Waals surface area contributed by atoms with Gasteiger partial charge in [0.2, 0.25) is 0 Å². The van der Waals surface area contributed by atoms with Crippen molar-refractivity contribution in [3.63, 3.8) is 0 Å². The van der Waals surface area contributed by atoms with Gasteiger partial charge in [0.05, 0.1) is 10.8 Å². The van der Waals surface area contributed by atoms with Crippen LogP contribution in [0.25, 0.3) is 0 Å². The molecular formula is C6H10N2OS. The van der Waals surface area contributed by atoms with Gasteiger partial charge in [-0.2, -0.15) is 0 Å². The van der Waals surface area contributed by atoms with Crippen LogP contribution in [0.2, 0.25) is 0 Å².